The summed E-state index contributed by atoms with van der Waals surface area (Å²) in [4.78, 5) is 19.6. The summed E-state index contributed by atoms with van der Waals surface area (Å²) in [5.41, 5.74) is 5.32. The molecule has 1 atom stereocenters. The van der Waals surface area contributed by atoms with Crippen molar-refractivity contribution < 1.29 is 9.18 Å². The third kappa shape index (κ3) is 4.98. The molecule has 2 heterocycles. The van der Waals surface area contributed by atoms with Gasteiger partial charge in [-0.3, -0.25) is 10.1 Å². The number of nitrogens with zero attached hydrogens (tertiary/aromatic N) is 4. The summed E-state index contributed by atoms with van der Waals surface area (Å²) in [5, 5.41) is 12.4. The lowest BCUT2D eigenvalue weighted by molar-refractivity contribution is -0.120. The van der Waals surface area contributed by atoms with Gasteiger partial charge in [0.25, 0.3) is 0 Å². The second-order valence-electron chi connectivity index (χ2n) is 8.63. The molecule has 174 valence electrons. The third-order valence-corrected chi connectivity index (χ3v) is 6.32. The third-order valence-electron chi connectivity index (χ3n) is 6.32. The summed E-state index contributed by atoms with van der Waals surface area (Å²) < 4.78 is 16.0. The SMILES string of the molecule is N#Cc1ccc(Cn2cncc2CNC2Cc3ccccc3CN(c3cccc(F)c3)C2=O)cc1. The minimum Gasteiger partial charge on any atom is -0.329 e. The molecule has 5 rings (SSSR count). The van der Waals surface area contributed by atoms with Crippen molar-refractivity contribution in [2.24, 2.45) is 0 Å². The number of benzene rings is 3. The molecular weight excluding hydrogens is 441 g/mol. The van der Waals surface area contributed by atoms with E-state index in [2.05, 4.69) is 16.4 Å². The van der Waals surface area contributed by atoms with Gasteiger partial charge in [0.1, 0.15) is 5.82 Å². The van der Waals surface area contributed by atoms with Crippen molar-refractivity contribution in [3.63, 3.8) is 0 Å². The van der Waals surface area contributed by atoms with E-state index in [1.165, 1.54) is 12.1 Å². The lowest BCUT2D eigenvalue weighted by Gasteiger charge is -2.25. The molecule has 0 saturated carbocycles. The zero-order valence-corrected chi connectivity index (χ0v) is 19.1. The number of carbonyl (C=O) groups excluding carboxylic acids is 1. The quantitative estimate of drug-likeness (QED) is 0.463. The number of anilines is 1. The Bertz CT molecular complexity index is 1390. The van der Waals surface area contributed by atoms with E-state index in [-0.39, 0.29) is 11.7 Å². The number of carbonyl (C=O) groups is 1. The molecule has 4 aromatic rings. The number of rotatable bonds is 6. The van der Waals surface area contributed by atoms with Crippen LogP contribution in [0.25, 0.3) is 0 Å². The Labute approximate surface area is 203 Å². The minimum absolute atomic E-state index is 0.0926. The topological polar surface area (TPSA) is 74.0 Å². The van der Waals surface area contributed by atoms with Gasteiger partial charge >= 0.3 is 0 Å². The smallest absolute Gasteiger partial charge is 0.244 e. The molecule has 3 aromatic carbocycles. The second kappa shape index (κ2) is 9.92. The maximum Gasteiger partial charge on any atom is 0.244 e. The molecule has 1 aliphatic heterocycles. The Balaban J connectivity index is 1.36. The summed E-state index contributed by atoms with van der Waals surface area (Å²) in [6.07, 6.45) is 4.10. The largest absolute Gasteiger partial charge is 0.329 e. The molecule has 1 N–H and O–H groups in total. The first-order valence-electron chi connectivity index (χ1n) is 11.5. The summed E-state index contributed by atoms with van der Waals surface area (Å²) in [6.45, 7) is 1.46. The van der Waals surface area contributed by atoms with Gasteiger partial charge < -0.3 is 9.47 Å². The Morgan fingerprint density at radius 1 is 1.06 bits per heavy atom. The molecule has 0 saturated heterocycles. The van der Waals surface area contributed by atoms with Crippen LogP contribution < -0.4 is 10.2 Å². The fraction of sp³-hybridized carbons (Fsp3) is 0.179. The number of fused-ring (bicyclic) bond motifs is 1. The number of aromatic nitrogens is 2. The average molecular weight is 466 g/mol. The number of amides is 1. The van der Waals surface area contributed by atoms with Crippen molar-refractivity contribution in [3.8, 4) is 6.07 Å². The molecule has 0 aliphatic carbocycles. The molecule has 35 heavy (non-hydrogen) atoms. The number of imidazole rings is 1. The van der Waals surface area contributed by atoms with Gasteiger partial charge in [-0.25, -0.2) is 9.37 Å². The van der Waals surface area contributed by atoms with Gasteiger partial charge in [-0.15, -0.1) is 0 Å². The normalized spacial score (nSPS) is 15.4. The van der Waals surface area contributed by atoms with Gasteiger partial charge in [-0.1, -0.05) is 42.5 Å². The van der Waals surface area contributed by atoms with Crippen LogP contribution >= 0.6 is 0 Å². The highest BCUT2D eigenvalue weighted by Crippen LogP contribution is 2.26. The Hall–Kier alpha value is -4.28. The first-order chi connectivity index (χ1) is 17.1. The summed E-state index contributed by atoms with van der Waals surface area (Å²) in [5.74, 6) is -0.464. The van der Waals surface area contributed by atoms with Crippen LogP contribution in [0.1, 0.15) is 27.9 Å². The lowest BCUT2D eigenvalue weighted by Crippen LogP contribution is -2.46. The number of hydrogen-bond donors (Lipinski definition) is 1. The van der Waals surface area contributed by atoms with E-state index in [0.717, 1.165) is 22.4 Å². The molecule has 1 aliphatic rings. The van der Waals surface area contributed by atoms with Gasteiger partial charge in [0, 0.05) is 25.0 Å². The molecule has 6 nitrogen and oxygen atoms in total. The Morgan fingerprint density at radius 2 is 1.86 bits per heavy atom. The average Bonchev–Trinajstić information content (AvgIpc) is 3.26. The zero-order chi connectivity index (χ0) is 24.2. The van der Waals surface area contributed by atoms with Gasteiger partial charge in [0.2, 0.25) is 5.91 Å². The van der Waals surface area contributed by atoms with Crippen LogP contribution in [0.3, 0.4) is 0 Å². The van der Waals surface area contributed by atoms with Crippen molar-refractivity contribution in [1.29, 1.82) is 5.26 Å². The monoisotopic (exact) mass is 465 g/mol. The highest BCUT2D eigenvalue weighted by Gasteiger charge is 2.30. The van der Waals surface area contributed by atoms with Crippen LogP contribution in [0.4, 0.5) is 10.1 Å². The van der Waals surface area contributed by atoms with E-state index in [9.17, 15) is 9.18 Å². The highest BCUT2D eigenvalue weighted by atomic mass is 19.1. The van der Waals surface area contributed by atoms with Crippen LogP contribution in [0, 0.1) is 17.1 Å². The van der Waals surface area contributed by atoms with Gasteiger partial charge in [0.05, 0.1) is 36.2 Å². The number of nitriles is 1. The van der Waals surface area contributed by atoms with Crippen LogP contribution in [-0.4, -0.2) is 21.5 Å². The molecule has 0 fully saturated rings. The molecule has 1 unspecified atom stereocenters. The van der Waals surface area contributed by atoms with E-state index in [0.29, 0.717) is 37.3 Å². The molecule has 0 bridgehead atoms. The Morgan fingerprint density at radius 3 is 2.63 bits per heavy atom. The molecule has 0 spiro atoms. The minimum atomic E-state index is -0.472. The second-order valence-corrected chi connectivity index (χ2v) is 8.63. The van der Waals surface area contributed by atoms with Crippen molar-refractivity contribution in [2.45, 2.75) is 32.1 Å². The first-order valence-corrected chi connectivity index (χ1v) is 11.5. The maximum absolute atomic E-state index is 14.0. The maximum atomic E-state index is 14.0. The van der Waals surface area contributed by atoms with Gasteiger partial charge in [0.15, 0.2) is 0 Å². The van der Waals surface area contributed by atoms with E-state index in [1.54, 1.807) is 41.7 Å². The summed E-state index contributed by atoms with van der Waals surface area (Å²) in [6, 6.07) is 23.3. The predicted octanol–water partition coefficient (Wildman–Crippen LogP) is 4.19. The first kappa shape index (κ1) is 22.5. The molecule has 0 radical (unpaired) electrons. The Kier molecular flexibility index (Phi) is 6.38. The van der Waals surface area contributed by atoms with Crippen molar-refractivity contribution >= 4 is 11.6 Å². The summed E-state index contributed by atoms with van der Waals surface area (Å²) in [7, 11) is 0. The molecule has 7 heteroatoms. The lowest BCUT2D eigenvalue weighted by atomic mass is 10.0. The van der Waals surface area contributed by atoms with Crippen LogP contribution in [0.15, 0.2) is 85.3 Å². The van der Waals surface area contributed by atoms with Crippen LogP contribution in [0.5, 0.6) is 0 Å². The molecular formula is C28H24FN5O. The van der Waals surface area contributed by atoms with Crippen LogP contribution in [-0.2, 0) is 30.8 Å². The molecule has 1 aromatic heterocycles. The highest BCUT2D eigenvalue weighted by molar-refractivity contribution is 5.98. The number of nitrogens with one attached hydrogen (secondary N) is 1. The van der Waals surface area contributed by atoms with E-state index >= 15 is 0 Å². The number of halogens is 1. The van der Waals surface area contributed by atoms with E-state index in [1.807, 2.05) is 41.0 Å². The van der Waals surface area contributed by atoms with E-state index in [4.69, 9.17) is 5.26 Å². The fourth-order valence-corrected chi connectivity index (χ4v) is 4.42. The zero-order valence-electron chi connectivity index (χ0n) is 19.1. The van der Waals surface area contributed by atoms with Crippen molar-refractivity contribution in [1.82, 2.24) is 14.9 Å². The van der Waals surface area contributed by atoms with Crippen molar-refractivity contribution in [2.75, 3.05) is 4.90 Å². The standard InChI is InChI=1S/C28H24FN5O/c29-24-6-3-7-25(13-24)34-18-23-5-2-1-4-22(23)12-27(28(34)35)32-16-26-15-31-19-33(26)17-21-10-8-20(14-30)9-11-21/h1-11,13,15,19,27,32H,12,16-18H2. The fourth-order valence-electron chi connectivity index (χ4n) is 4.42. The number of hydrogen-bond acceptors (Lipinski definition) is 4. The van der Waals surface area contributed by atoms with Crippen LogP contribution in [0.2, 0.25) is 0 Å². The molecule has 1 amide bonds. The predicted molar refractivity (Wildman–Crippen MR) is 131 cm³/mol. The van der Waals surface area contributed by atoms with Gasteiger partial charge in [-0.05, 0) is 53.4 Å². The van der Waals surface area contributed by atoms with Gasteiger partial charge in [-0.2, -0.15) is 5.26 Å². The van der Waals surface area contributed by atoms with E-state index < -0.39 is 6.04 Å². The van der Waals surface area contributed by atoms with Crippen molar-refractivity contribution in [3.05, 3.63) is 119 Å². The summed E-state index contributed by atoms with van der Waals surface area (Å²) >= 11 is 0.